The predicted octanol–water partition coefficient (Wildman–Crippen LogP) is 4.50. The van der Waals surface area contributed by atoms with Crippen LogP contribution in [0.1, 0.15) is 120 Å². The van der Waals surface area contributed by atoms with Crippen molar-refractivity contribution in [3.63, 3.8) is 0 Å². The van der Waals surface area contributed by atoms with E-state index in [4.69, 9.17) is 28.4 Å². The Balaban J connectivity index is 1.55. The second kappa shape index (κ2) is 23.5. The fourth-order valence-corrected chi connectivity index (χ4v) is 12.7. The number of cyclic esters (lactones) is 1. The number of aliphatic hydroxyl groups is 5. The zero-order valence-corrected chi connectivity index (χ0v) is 45.3. The van der Waals surface area contributed by atoms with E-state index in [9.17, 15) is 51.9 Å². The Morgan fingerprint density at radius 2 is 1.54 bits per heavy atom. The third-order valence-corrected chi connectivity index (χ3v) is 17.8. The van der Waals surface area contributed by atoms with E-state index in [1.807, 2.05) is 11.8 Å². The first-order valence-electron chi connectivity index (χ1n) is 25.5. The van der Waals surface area contributed by atoms with Gasteiger partial charge in [-0.1, -0.05) is 27.2 Å². The lowest BCUT2D eigenvalue weighted by Crippen LogP contribution is -2.70. The molecule has 0 bridgehead atoms. The molecule has 4 fully saturated rings. The van der Waals surface area contributed by atoms with Crippen molar-refractivity contribution in [1.29, 1.82) is 0 Å². The molecule has 0 spiro atoms. The molecule has 72 heavy (non-hydrogen) atoms. The Bertz CT molecular complexity index is 2040. The molecule has 18 atom stereocenters. The van der Waals surface area contributed by atoms with Crippen LogP contribution in [0, 0.1) is 17.8 Å². The quantitative estimate of drug-likeness (QED) is 0.158. The van der Waals surface area contributed by atoms with E-state index in [-0.39, 0.29) is 43.8 Å². The van der Waals surface area contributed by atoms with Crippen LogP contribution in [0.3, 0.4) is 0 Å². The fraction of sp³-hybridized carbons (Fsp3) is 0.860. The maximum Gasteiger partial charge on any atom is 0.416 e. The minimum Gasteiger partial charge on any atom is -0.459 e. The van der Waals surface area contributed by atoms with E-state index >= 15 is 0 Å². The summed E-state index contributed by atoms with van der Waals surface area (Å²) in [6.07, 6.45) is -12.7. The van der Waals surface area contributed by atoms with Crippen LogP contribution in [0.5, 0.6) is 0 Å². The average Bonchev–Trinajstić information content (AvgIpc) is 3.29. The van der Waals surface area contributed by atoms with Crippen LogP contribution in [0.2, 0.25) is 0 Å². The van der Waals surface area contributed by atoms with Crippen molar-refractivity contribution in [1.82, 2.24) is 14.1 Å². The van der Waals surface area contributed by atoms with E-state index in [0.29, 0.717) is 6.54 Å². The van der Waals surface area contributed by atoms with Crippen LogP contribution in [0.4, 0.5) is 18.9 Å². The highest BCUT2D eigenvalue weighted by Gasteiger charge is 2.59. The summed E-state index contributed by atoms with van der Waals surface area (Å²) in [7, 11) is -0.0497. The fourth-order valence-electron chi connectivity index (χ4n) is 11.5. The maximum absolute atomic E-state index is 14.6. The molecule has 10 unspecified atom stereocenters. The maximum atomic E-state index is 14.6. The number of hydrogen-bond donors (Lipinski definition) is 6. The van der Waals surface area contributed by atoms with Crippen molar-refractivity contribution >= 4 is 21.9 Å². The van der Waals surface area contributed by atoms with E-state index in [1.165, 1.54) is 21.1 Å². The van der Waals surface area contributed by atoms with Crippen LogP contribution in [0.25, 0.3) is 0 Å². The van der Waals surface area contributed by atoms with Gasteiger partial charge in [0.05, 0.1) is 47.5 Å². The number of esters is 1. The largest absolute Gasteiger partial charge is 0.459 e. The van der Waals surface area contributed by atoms with Gasteiger partial charge in [-0.05, 0) is 131 Å². The first kappa shape index (κ1) is 60.6. The van der Waals surface area contributed by atoms with E-state index in [2.05, 4.69) is 9.62 Å². The number of rotatable bonds is 12. The summed E-state index contributed by atoms with van der Waals surface area (Å²) in [5.74, 6) is -3.36. The molecular formula is C50H85F3N4O14S. The molecule has 4 aliphatic heterocycles. The Labute approximate surface area is 425 Å². The molecule has 6 N–H and O–H groups in total. The Hall–Kier alpha value is -2.29. The topological polar surface area (TPSA) is 229 Å². The lowest BCUT2D eigenvalue weighted by Gasteiger charge is -2.55. The van der Waals surface area contributed by atoms with Gasteiger partial charge < -0.3 is 63.8 Å². The molecule has 1 aromatic rings. The van der Waals surface area contributed by atoms with Gasteiger partial charge in [0.1, 0.15) is 35.1 Å². The molecule has 1 aromatic carbocycles. The molecule has 0 saturated carbocycles. The molecule has 4 heterocycles. The van der Waals surface area contributed by atoms with Gasteiger partial charge in [-0.25, -0.2) is 0 Å². The average molecular weight is 1060 g/mol. The molecule has 4 aliphatic rings. The lowest BCUT2D eigenvalue weighted by atomic mass is 9.74. The summed E-state index contributed by atoms with van der Waals surface area (Å²) in [4.78, 5) is 18.7. The number of ether oxygens (including phenoxy) is 6. The predicted molar refractivity (Wildman–Crippen MR) is 261 cm³/mol. The number of hydrogen-bond acceptors (Lipinski definition) is 16. The zero-order valence-electron chi connectivity index (χ0n) is 44.5. The number of methoxy groups -OCH3 is 1. The number of anilines is 1. The number of halogens is 3. The summed E-state index contributed by atoms with van der Waals surface area (Å²) >= 11 is 0. The number of likely N-dealkylation sites (N-methyl/N-ethyl adjacent to an activating group) is 2. The molecule has 0 radical (unpaired) electrons. The van der Waals surface area contributed by atoms with Gasteiger partial charge in [0.2, 0.25) is 0 Å². The number of aliphatic hydroxyl groups excluding tert-OH is 2. The van der Waals surface area contributed by atoms with Gasteiger partial charge in [0.25, 0.3) is 0 Å². The molecular weight excluding hydrogens is 970 g/mol. The highest BCUT2D eigenvalue weighted by atomic mass is 32.2. The van der Waals surface area contributed by atoms with Gasteiger partial charge in [-0.3, -0.25) is 9.52 Å². The van der Waals surface area contributed by atoms with Crippen LogP contribution in [-0.4, -0.2) is 191 Å². The number of likely N-dealkylation sites (tertiary alicyclic amines) is 1. The van der Waals surface area contributed by atoms with Gasteiger partial charge in [-0.2, -0.15) is 25.9 Å². The number of carbonyl (C=O) groups excluding carboxylic acids is 1. The number of carbonyl (C=O) groups is 1. The molecule has 0 aromatic heterocycles. The number of alkyl halides is 3. The van der Waals surface area contributed by atoms with Crippen molar-refractivity contribution in [2.24, 2.45) is 17.8 Å². The number of benzene rings is 1. The van der Waals surface area contributed by atoms with Crippen molar-refractivity contribution in [3.05, 3.63) is 29.8 Å². The van der Waals surface area contributed by atoms with Crippen molar-refractivity contribution in [2.45, 2.75) is 210 Å². The molecule has 0 amide bonds. The third-order valence-electron chi connectivity index (χ3n) is 16.2. The smallest absolute Gasteiger partial charge is 0.416 e. The Morgan fingerprint density at radius 3 is 2.11 bits per heavy atom. The highest BCUT2D eigenvalue weighted by Crippen LogP contribution is 2.44. The summed E-state index contributed by atoms with van der Waals surface area (Å²) in [5, 5.41) is 61.1. The zero-order chi connectivity index (χ0) is 54.1. The van der Waals surface area contributed by atoms with E-state index in [0.717, 1.165) is 60.9 Å². The number of piperidine rings is 1. The normalized spacial score (nSPS) is 42.1. The standard InChI is InChI=1S/C50H85F3N4O14S/c1-14-38-48(10,62)42(59)33(6)55(11)27-29(2)25-46(8,61)43(71-45-40(58)37(24-30(3)67-45)56(12)72(64,65)54-36-20-18-35(19-21-36)50(51,52)53)31(4)41(32(5)44(60)69-38)70-39-26-47(9,66-13)49(63,34(7)68-39)28-57-22-16-15-17-23-57/h18-21,29-34,37-43,45,54,58-59,61-63H,14-17,22-28H2,1-13H3/t29?,30-,31?,32?,33?,34+,37+,38?,39+,40-,41?,42?,43?,45+,46?,47-,48?,49+/m1/s1. The number of nitrogens with one attached hydrogen (secondary N) is 1. The van der Waals surface area contributed by atoms with Gasteiger partial charge >= 0.3 is 22.4 Å². The number of nitrogens with zero attached hydrogens (tertiary/aromatic N) is 3. The minimum absolute atomic E-state index is 0.00417. The molecule has 22 heteroatoms. The minimum atomic E-state index is -4.64. The highest BCUT2D eigenvalue weighted by molar-refractivity contribution is 7.90. The molecule has 0 aliphatic carbocycles. The summed E-state index contributed by atoms with van der Waals surface area (Å²) < 4.78 is 109. The van der Waals surface area contributed by atoms with Gasteiger partial charge in [0.15, 0.2) is 12.6 Å². The molecule has 18 nitrogen and oxygen atoms in total. The Morgan fingerprint density at radius 1 is 0.931 bits per heavy atom. The SMILES string of the molecule is CCC1OC(=O)C(C)C(O[C@H]2C[C@@](C)(OC)[C@](O)(CN3CCCCC3)[C@H](C)O2)C(C)C(O[C@@H]2O[C@H](C)C[C@H](N(C)S(=O)(=O)Nc3ccc(C(F)(F)F)cc3)[C@H]2O)C(C)(O)CC(C)CN(C)C(C)C(O)C1(C)O. The lowest BCUT2D eigenvalue weighted by molar-refractivity contribution is -0.339. The van der Waals surface area contributed by atoms with Crippen molar-refractivity contribution < 1.29 is 80.3 Å². The second-order valence-corrected chi connectivity index (χ2v) is 23.8. The first-order valence-corrected chi connectivity index (χ1v) is 26.9. The van der Waals surface area contributed by atoms with Crippen LogP contribution in [0.15, 0.2) is 24.3 Å². The second-order valence-electron chi connectivity index (χ2n) is 22.1. The van der Waals surface area contributed by atoms with Gasteiger partial charge in [-0.15, -0.1) is 0 Å². The van der Waals surface area contributed by atoms with E-state index in [1.54, 1.807) is 62.4 Å². The van der Waals surface area contributed by atoms with Gasteiger partial charge in [0, 0.05) is 51.3 Å². The summed E-state index contributed by atoms with van der Waals surface area (Å²) in [6.45, 7) is 18.9. The monoisotopic (exact) mass is 1050 g/mol. The molecule has 5 rings (SSSR count). The first-order chi connectivity index (χ1) is 33.2. The summed E-state index contributed by atoms with van der Waals surface area (Å²) in [5.41, 5.74) is -7.60. The molecule has 4 saturated heterocycles. The van der Waals surface area contributed by atoms with Crippen molar-refractivity contribution in [3.8, 4) is 0 Å². The van der Waals surface area contributed by atoms with Crippen LogP contribution in [-0.2, 0) is 49.6 Å². The number of β-amino-alcohol motifs (C(OH)–C–C–N with tert-alkyl or cyclic N) is 1. The van der Waals surface area contributed by atoms with Crippen LogP contribution < -0.4 is 4.72 Å². The van der Waals surface area contributed by atoms with E-state index < -0.39 is 130 Å². The van der Waals surface area contributed by atoms with Crippen LogP contribution >= 0.6 is 0 Å². The molecule has 416 valence electrons. The third kappa shape index (κ3) is 13.4. The summed E-state index contributed by atoms with van der Waals surface area (Å²) in [6, 6.07) is 1.56. The van der Waals surface area contributed by atoms with Crippen molar-refractivity contribution in [2.75, 3.05) is 52.1 Å². The Kier molecular flexibility index (Phi) is 19.8.